The number of amides is 1. The molecule has 2 unspecified atom stereocenters. The van der Waals surface area contributed by atoms with Crippen LogP contribution in [0, 0.1) is 0 Å². The van der Waals surface area contributed by atoms with E-state index in [4.69, 9.17) is 0 Å². The predicted molar refractivity (Wildman–Crippen MR) is 80.8 cm³/mol. The largest absolute Gasteiger partial charge is 0.354 e. The van der Waals surface area contributed by atoms with Crippen LogP contribution in [-0.4, -0.2) is 25.0 Å². The molecule has 2 aliphatic rings. The van der Waals surface area contributed by atoms with Gasteiger partial charge in [0.1, 0.15) is 0 Å². The summed E-state index contributed by atoms with van der Waals surface area (Å²) in [7, 11) is 0. The molecule has 0 spiro atoms. The fraction of sp³-hybridized carbons (Fsp3) is 0.588. The summed E-state index contributed by atoms with van der Waals surface area (Å²) < 4.78 is 0. The Hall–Kier alpha value is -1.35. The first-order valence-corrected chi connectivity index (χ1v) is 7.80. The van der Waals surface area contributed by atoms with Crippen LogP contribution in [0.2, 0.25) is 0 Å². The van der Waals surface area contributed by atoms with Crippen LogP contribution in [-0.2, 0) is 16.6 Å². The van der Waals surface area contributed by atoms with Gasteiger partial charge >= 0.3 is 0 Å². The highest BCUT2D eigenvalue weighted by Gasteiger charge is 2.38. The molecule has 1 aliphatic heterocycles. The maximum Gasteiger partial charge on any atom is 0.230 e. The number of fused-ring (bicyclic) bond motifs is 1. The number of rotatable bonds is 3. The summed E-state index contributed by atoms with van der Waals surface area (Å²) in [6.45, 7) is 3.94. The summed E-state index contributed by atoms with van der Waals surface area (Å²) in [5, 5.41) is 6.61. The third-order valence-electron chi connectivity index (χ3n) is 4.91. The number of hydrogen-bond acceptors (Lipinski definition) is 2. The molecule has 3 nitrogen and oxygen atoms in total. The molecule has 0 aromatic heterocycles. The topological polar surface area (TPSA) is 41.1 Å². The second kappa shape index (κ2) is 5.57. The number of nitrogens with one attached hydrogen (secondary N) is 2. The summed E-state index contributed by atoms with van der Waals surface area (Å²) in [5.74, 6) is 0.193. The van der Waals surface area contributed by atoms with E-state index in [0.29, 0.717) is 6.04 Å². The van der Waals surface area contributed by atoms with Crippen LogP contribution in [0.25, 0.3) is 0 Å². The molecule has 1 heterocycles. The lowest BCUT2D eigenvalue weighted by atomic mass is 9.70. The van der Waals surface area contributed by atoms with Crippen LogP contribution in [0.15, 0.2) is 24.3 Å². The lowest BCUT2D eigenvalue weighted by Crippen LogP contribution is -2.47. The summed E-state index contributed by atoms with van der Waals surface area (Å²) in [6, 6.07) is 8.88. The number of aryl methyl sites for hydroxylation is 1. The van der Waals surface area contributed by atoms with Gasteiger partial charge in [-0.15, -0.1) is 0 Å². The van der Waals surface area contributed by atoms with Crippen LogP contribution in [0.4, 0.5) is 0 Å². The maximum atomic E-state index is 12.7. The van der Waals surface area contributed by atoms with Crippen molar-refractivity contribution in [3.05, 3.63) is 35.4 Å². The highest BCUT2D eigenvalue weighted by atomic mass is 16.2. The molecule has 2 N–H and O–H groups in total. The van der Waals surface area contributed by atoms with Gasteiger partial charge in [-0.1, -0.05) is 24.3 Å². The first-order valence-electron chi connectivity index (χ1n) is 7.80. The van der Waals surface area contributed by atoms with Crippen molar-refractivity contribution in [1.29, 1.82) is 0 Å². The summed E-state index contributed by atoms with van der Waals surface area (Å²) in [5.41, 5.74) is 2.21. The van der Waals surface area contributed by atoms with E-state index in [1.54, 1.807) is 0 Å². The zero-order chi connectivity index (χ0) is 14.0. The fourth-order valence-electron chi connectivity index (χ4n) is 3.62. The molecule has 1 aliphatic carbocycles. The third kappa shape index (κ3) is 2.47. The Morgan fingerprint density at radius 1 is 1.40 bits per heavy atom. The highest BCUT2D eigenvalue weighted by Crippen LogP contribution is 2.37. The van der Waals surface area contributed by atoms with Gasteiger partial charge in [-0.05, 0) is 56.7 Å². The van der Waals surface area contributed by atoms with Crippen molar-refractivity contribution in [2.24, 2.45) is 0 Å². The Bertz CT molecular complexity index is 494. The summed E-state index contributed by atoms with van der Waals surface area (Å²) in [6.07, 6.45) is 5.55. The van der Waals surface area contributed by atoms with Gasteiger partial charge in [-0.2, -0.15) is 0 Å². The standard InChI is InChI=1S/C17H24N2O/c1-17(16(20)19-12-14-8-5-11-18-14)10-4-7-13-6-2-3-9-15(13)17/h2-3,6,9,14,18H,4-5,7-8,10-12H2,1H3,(H,19,20). The van der Waals surface area contributed by atoms with E-state index in [1.165, 1.54) is 24.0 Å². The molecule has 1 aromatic rings. The van der Waals surface area contributed by atoms with Gasteiger partial charge in [0.05, 0.1) is 5.41 Å². The fourth-order valence-corrected chi connectivity index (χ4v) is 3.62. The van der Waals surface area contributed by atoms with E-state index in [2.05, 4.69) is 35.8 Å². The van der Waals surface area contributed by atoms with Gasteiger partial charge in [0.15, 0.2) is 0 Å². The molecule has 20 heavy (non-hydrogen) atoms. The van der Waals surface area contributed by atoms with Crippen molar-refractivity contribution >= 4 is 5.91 Å². The van der Waals surface area contributed by atoms with Crippen molar-refractivity contribution in [1.82, 2.24) is 10.6 Å². The number of benzene rings is 1. The maximum absolute atomic E-state index is 12.7. The molecule has 0 radical (unpaired) electrons. The van der Waals surface area contributed by atoms with Crippen LogP contribution < -0.4 is 10.6 Å². The molecule has 1 aromatic carbocycles. The Labute approximate surface area is 121 Å². The Morgan fingerprint density at radius 2 is 2.25 bits per heavy atom. The molecular formula is C17H24N2O. The molecule has 1 amide bonds. The zero-order valence-corrected chi connectivity index (χ0v) is 12.2. The first kappa shape index (κ1) is 13.6. The van der Waals surface area contributed by atoms with Gasteiger partial charge in [-0.3, -0.25) is 4.79 Å². The Kier molecular flexibility index (Phi) is 3.79. The van der Waals surface area contributed by atoms with E-state index in [9.17, 15) is 4.79 Å². The second-order valence-corrected chi connectivity index (χ2v) is 6.35. The Balaban J connectivity index is 1.73. The zero-order valence-electron chi connectivity index (χ0n) is 12.2. The van der Waals surface area contributed by atoms with E-state index < -0.39 is 0 Å². The lowest BCUT2D eigenvalue weighted by Gasteiger charge is -2.35. The number of carbonyl (C=O) groups is 1. The highest BCUT2D eigenvalue weighted by molar-refractivity contribution is 5.88. The third-order valence-corrected chi connectivity index (χ3v) is 4.91. The molecule has 0 saturated carbocycles. The van der Waals surface area contributed by atoms with Crippen molar-refractivity contribution < 1.29 is 4.79 Å². The summed E-state index contributed by atoms with van der Waals surface area (Å²) in [4.78, 5) is 12.7. The van der Waals surface area contributed by atoms with Crippen molar-refractivity contribution in [2.45, 2.75) is 50.5 Å². The minimum Gasteiger partial charge on any atom is -0.354 e. The number of carbonyl (C=O) groups excluding carboxylic acids is 1. The monoisotopic (exact) mass is 272 g/mol. The molecule has 1 fully saturated rings. The average Bonchev–Trinajstić information content (AvgIpc) is 2.98. The molecule has 3 heteroatoms. The van der Waals surface area contributed by atoms with Gasteiger partial charge < -0.3 is 10.6 Å². The van der Waals surface area contributed by atoms with Crippen LogP contribution >= 0.6 is 0 Å². The SMILES string of the molecule is CC1(C(=O)NCC2CCCN2)CCCc2ccccc21. The van der Waals surface area contributed by atoms with E-state index in [1.807, 2.05) is 6.07 Å². The van der Waals surface area contributed by atoms with E-state index in [-0.39, 0.29) is 11.3 Å². The van der Waals surface area contributed by atoms with Gasteiger partial charge in [0, 0.05) is 12.6 Å². The van der Waals surface area contributed by atoms with Crippen molar-refractivity contribution in [2.75, 3.05) is 13.1 Å². The predicted octanol–water partition coefficient (Wildman–Crippen LogP) is 2.15. The minimum atomic E-state index is -0.354. The van der Waals surface area contributed by atoms with Crippen LogP contribution in [0.3, 0.4) is 0 Å². The Morgan fingerprint density at radius 3 is 3.05 bits per heavy atom. The molecule has 108 valence electrons. The van der Waals surface area contributed by atoms with Gasteiger partial charge in [-0.25, -0.2) is 0 Å². The molecule has 2 atom stereocenters. The normalized spacial score (nSPS) is 28.9. The smallest absolute Gasteiger partial charge is 0.230 e. The van der Waals surface area contributed by atoms with Crippen molar-refractivity contribution in [3.8, 4) is 0 Å². The quantitative estimate of drug-likeness (QED) is 0.885. The number of hydrogen-bond donors (Lipinski definition) is 2. The molecule has 3 rings (SSSR count). The van der Waals surface area contributed by atoms with Gasteiger partial charge in [0.2, 0.25) is 5.91 Å². The second-order valence-electron chi connectivity index (χ2n) is 6.35. The van der Waals surface area contributed by atoms with Crippen LogP contribution in [0.1, 0.15) is 43.7 Å². The molecular weight excluding hydrogens is 248 g/mol. The lowest BCUT2D eigenvalue weighted by molar-refractivity contribution is -0.126. The molecule has 1 saturated heterocycles. The van der Waals surface area contributed by atoms with E-state index >= 15 is 0 Å². The average molecular weight is 272 g/mol. The van der Waals surface area contributed by atoms with Gasteiger partial charge in [0.25, 0.3) is 0 Å². The minimum absolute atomic E-state index is 0.193. The first-order chi connectivity index (χ1) is 9.70. The summed E-state index contributed by atoms with van der Waals surface area (Å²) >= 11 is 0. The molecule has 0 bridgehead atoms. The van der Waals surface area contributed by atoms with Crippen LogP contribution in [0.5, 0.6) is 0 Å². The van der Waals surface area contributed by atoms with Crippen molar-refractivity contribution in [3.63, 3.8) is 0 Å². The van der Waals surface area contributed by atoms with E-state index in [0.717, 1.165) is 32.4 Å².